The number of rotatable bonds is 10. The van der Waals surface area contributed by atoms with Gasteiger partial charge in [0.05, 0.1) is 0 Å². The lowest BCUT2D eigenvalue weighted by Gasteiger charge is -2.36. The predicted octanol–water partition coefficient (Wildman–Crippen LogP) is 5.83. The van der Waals surface area contributed by atoms with E-state index in [2.05, 4.69) is 16.6 Å². The molecule has 0 bridgehead atoms. The number of hydrogen-bond acceptors (Lipinski definition) is 4. The Balaban J connectivity index is 2.59. The van der Waals surface area contributed by atoms with Crippen LogP contribution in [0, 0.1) is 25.2 Å². The summed E-state index contributed by atoms with van der Waals surface area (Å²) in [6, 6.07) is 12.7. The van der Waals surface area contributed by atoms with E-state index in [1.807, 2.05) is 52.0 Å². The molecule has 2 rings (SSSR count). The zero-order valence-corrected chi connectivity index (χ0v) is 23.6. The van der Waals surface area contributed by atoms with Gasteiger partial charge in [-0.1, -0.05) is 69.5 Å². The number of ether oxygens (including phenoxy) is 1. The van der Waals surface area contributed by atoms with E-state index in [-0.39, 0.29) is 17.7 Å². The van der Waals surface area contributed by atoms with Crippen molar-refractivity contribution >= 4 is 23.6 Å². The molecule has 2 atom stereocenters. The molecule has 2 N–H and O–H groups in total. The third-order valence-corrected chi connectivity index (χ3v) is 6.01. The molecule has 0 fully saturated rings. The van der Waals surface area contributed by atoms with Gasteiger partial charge in [0.2, 0.25) is 5.91 Å². The molecule has 2 aromatic rings. The van der Waals surface area contributed by atoms with Crippen molar-refractivity contribution in [3.8, 4) is 12.3 Å². The highest BCUT2D eigenvalue weighted by Crippen LogP contribution is 2.29. The molecule has 0 spiro atoms. The predicted molar refractivity (Wildman–Crippen MR) is 152 cm³/mol. The van der Waals surface area contributed by atoms with Crippen LogP contribution in [-0.2, 0) is 14.3 Å². The number of benzene rings is 2. The van der Waals surface area contributed by atoms with Crippen LogP contribution in [0.25, 0.3) is 0 Å². The number of nitrogens with one attached hydrogen (secondary N) is 2. The van der Waals surface area contributed by atoms with Crippen LogP contribution in [0.4, 0.5) is 10.5 Å². The molecular weight excluding hydrogens is 478 g/mol. The Morgan fingerprint density at radius 1 is 1.05 bits per heavy atom. The summed E-state index contributed by atoms with van der Waals surface area (Å²) in [6.07, 6.45) is 6.59. The maximum absolute atomic E-state index is 14.2. The maximum Gasteiger partial charge on any atom is 0.408 e. The lowest BCUT2D eigenvalue weighted by molar-refractivity contribution is -0.141. The second kappa shape index (κ2) is 13.7. The van der Waals surface area contributed by atoms with E-state index in [0.29, 0.717) is 29.8 Å². The third kappa shape index (κ3) is 8.37. The fraction of sp³-hybridized carbons (Fsp3) is 0.452. The number of terminal acetylenes is 1. The summed E-state index contributed by atoms with van der Waals surface area (Å²) in [4.78, 5) is 42.3. The molecule has 7 nitrogen and oxygen atoms in total. The number of alkyl carbamates (subject to hydrolysis) is 1. The first kappa shape index (κ1) is 30.4. The second-order valence-electron chi connectivity index (χ2n) is 10.7. The smallest absolute Gasteiger partial charge is 0.408 e. The van der Waals surface area contributed by atoms with Crippen molar-refractivity contribution in [1.82, 2.24) is 10.2 Å². The van der Waals surface area contributed by atoms with Gasteiger partial charge in [0.1, 0.15) is 17.7 Å². The Morgan fingerprint density at radius 3 is 2.26 bits per heavy atom. The Hall–Kier alpha value is -3.79. The summed E-state index contributed by atoms with van der Waals surface area (Å²) in [7, 11) is 0. The highest BCUT2D eigenvalue weighted by molar-refractivity contribution is 5.99. The number of carbonyl (C=O) groups excluding carboxylic acids is 3. The van der Waals surface area contributed by atoms with Gasteiger partial charge >= 0.3 is 6.09 Å². The van der Waals surface area contributed by atoms with E-state index in [1.54, 1.807) is 45.0 Å². The highest BCUT2D eigenvalue weighted by atomic mass is 16.6. The van der Waals surface area contributed by atoms with Gasteiger partial charge in [0, 0.05) is 17.8 Å². The van der Waals surface area contributed by atoms with Crippen molar-refractivity contribution in [2.45, 2.75) is 79.0 Å². The van der Waals surface area contributed by atoms with Gasteiger partial charge in [-0.15, -0.1) is 6.42 Å². The lowest BCUT2D eigenvalue weighted by Crippen LogP contribution is -2.54. The molecular formula is C31H41N3O4. The number of nitrogens with zero attached hydrogens (tertiary/aromatic N) is 1. The van der Waals surface area contributed by atoms with Gasteiger partial charge in [0.15, 0.2) is 0 Å². The van der Waals surface area contributed by atoms with E-state index in [4.69, 9.17) is 11.2 Å². The van der Waals surface area contributed by atoms with Gasteiger partial charge in [-0.3, -0.25) is 9.59 Å². The van der Waals surface area contributed by atoms with E-state index in [9.17, 15) is 14.4 Å². The summed E-state index contributed by atoms with van der Waals surface area (Å²) in [6.45, 7) is 13.2. The van der Waals surface area contributed by atoms with E-state index in [1.165, 1.54) is 4.90 Å². The average molecular weight is 520 g/mol. The number of amides is 3. The summed E-state index contributed by atoms with van der Waals surface area (Å²) in [5.41, 5.74) is 1.88. The molecule has 0 aliphatic carbocycles. The topological polar surface area (TPSA) is 87.7 Å². The Morgan fingerprint density at radius 2 is 1.68 bits per heavy atom. The first-order valence-electron chi connectivity index (χ1n) is 13.1. The van der Waals surface area contributed by atoms with Gasteiger partial charge in [-0.2, -0.15) is 0 Å². The van der Waals surface area contributed by atoms with Crippen LogP contribution >= 0.6 is 0 Å². The normalized spacial score (nSPS) is 12.7. The van der Waals surface area contributed by atoms with Gasteiger partial charge in [0.25, 0.3) is 5.91 Å². The Labute approximate surface area is 227 Å². The van der Waals surface area contributed by atoms with Crippen LogP contribution in [-0.4, -0.2) is 41.0 Å². The van der Waals surface area contributed by atoms with Gasteiger partial charge in [-0.25, -0.2) is 4.79 Å². The molecule has 38 heavy (non-hydrogen) atoms. The first-order chi connectivity index (χ1) is 17.9. The van der Waals surface area contributed by atoms with Crippen LogP contribution in [0.15, 0.2) is 48.5 Å². The van der Waals surface area contributed by atoms with E-state index in [0.717, 1.165) is 12.0 Å². The molecule has 3 amide bonds. The largest absolute Gasteiger partial charge is 0.444 e. The lowest BCUT2D eigenvalue weighted by atomic mass is 9.95. The molecule has 0 saturated carbocycles. The van der Waals surface area contributed by atoms with Crippen molar-refractivity contribution in [1.29, 1.82) is 0 Å². The van der Waals surface area contributed by atoms with Gasteiger partial charge < -0.3 is 20.3 Å². The number of carbonyl (C=O) groups is 3. The minimum atomic E-state index is -1.01. The Kier molecular flexibility index (Phi) is 10.9. The fourth-order valence-corrected chi connectivity index (χ4v) is 4.05. The SMILES string of the molecule is C#Cc1ccccc1C(C(=O)Nc1ccccc1C)N(CCCC)C(=O)C(NC(=O)OC(C)(C)C)C(C)C. The number of unbranched alkanes of at least 4 members (excludes halogenated alkanes) is 1. The number of para-hydroxylation sites is 1. The maximum atomic E-state index is 14.2. The summed E-state index contributed by atoms with van der Waals surface area (Å²) < 4.78 is 5.42. The number of aryl methyl sites for hydroxylation is 1. The standard InChI is InChI=1S/C31H41N3O4/c1-9-11-20-34(29(36)26(21(3)4)33-30(37)38-31(6,7)8)27(24-18-14-13-17-23(24)10-2)28(35)32-25-19-15-12-16-22(25)5/h2,12-19,21,26-27H,9,11,20H2,1,3-8H3,(H,32,35)(H,33,37). The van der Waals surface area contributed by atoms with E-state index >= 15 is 0 Å². The van der Waals surface area contributed by atoms with Crippen LogP contribution in [0.2, 0.25) is 0 Å². The molecule has 0 saturated heterocycles. The molecule has 7 heteroatoms. The number of anilines is 1. The van der Waals surface area contributed by atoms with Crippen molar-refractivity contribution in [3.63, 3.8) is 0 Å². The van der Waals surface area contributed by atoms with Crippen LogP contribution in [0.3, 0.4) is 0 Å². The van der Waals surface area contributed by atoms with Crippen molar-refractivity contribution in [3.05, 3.63) is 65.2 Å². The van der Waals surface area contributed by atoms with Gasteiger partial charge in [-0.05, 0) is 63.3 Å². The summed E-state index contributed by atoms with van der Waals surface area (Å²) in [5, 5.41) is 5.74. The monoisotopic (exact) mass is 519 g/mol. The molecule has 0 aliphatic heterocycles. The minimum absolute atomic E-state index is 0.262. The van der Waals surface area contributed by atoms with Crippen molar-refractivity contribution in [2.75, 3.05) is 11.9 Å². The number of hydrogen-bond donors (Lipinski definition) is 2. The second-order valence-corrected chi connectivity index (χ2v) is 10.7. The molecule has 2 unspecified atom stereocenters. The molecule has 0 heterocycles. The van der Waals surface area contributed by atoms with Crippen molar-refractivity contribution < 1.29 is 19.1 Å². The average Bonchev–Trinajstić information content (AvgIpc) is 2.84. The highest BCUT2D eigenvalue weighted by Gasteiger charge is 2.38. The van der Waals surface area contributed by atoms with Crippen LogP contribution in [0.1, 0.15) is 77.1 Å². The molecule has 0 radical (unpaired) electrons. The molecule has 204 valence electrons. The molecule has 0 aliphatic rings. The third-order valence-electron chi connectivity index (χ3n) is 6.01. The molecule has 0 aromatic heterocycles. The van der Waals surface area contributed by atoms with Crippen LogP contribution in [0.5, 0.6) is 0 Å². The Bertz CT molecular complexity index is 1160. The minimum Gasteiger partial charge on any atom is -0.444 e. The van der Waals surface area contributed by atoms with E-state index < -0.39 is 23.8 Å². The first-order valence-corrected chi connectivity index (χ1v) is 13.1. The summed E-state index contributed by atoms with van der Waals surface area (Å²) >= 11 is 0. The van der Waals surface area contributed by atoms with Crippen molar-refractivity contribution in [2.24, 2.45) is 5.92 Å². The zero-order chi connectivity index (χ0) is 28.5. The molecule has 2 aromatic carbocycles. The zero-order valence-electron chi connectivity index (χ0n) is 23.6. The fourth-order valence-electron chi connectivity index (χ4n) is 4.05. The quantitative estimate of drug-likeness (QED) is 0.387. The summed E-state index contributed by atoms with van der Waals surface area (Å²) in [5.74, 6) is 1.63. The van der Waals surface area contributed by atoms with Crippen LogP contribution < -0.4 is 10.6 Å².